The molecule has 0 aliphatic carbocycles. The second kappa shape index (κ2) is 11.3. The van der Waals surface area contributed by atoms with E-state index >= 15 is 0 Å². The minimum absolute atomic E-state index is 0.0439. The maximum atomic E-state index is 12.6. The molecular weight excluding hydrogens is 446 g/mol. The molecule has 1 atom stereocenters. The summed E-state index contributed by atoms with van der Waals surface area (Å²) in [4.78, 5) is 36.4. The molecule has 178 valence electrons. The van der Waals surface area contributed by atoms with Crippen LogP contribution in [0.2, 0.25) is 0 Å². The third-order valence-electron chi connectivity index (χ3n) is 5.29. The molecule has 0 aliphatic heterocycles. The molecule has 0 bridgehead atoms. The fraction of sp³-hybridized carbons (Fsp3) is 0.375. The lowest BCUT2D eigenvalue weighted by Crippen LogP contribution is -2.46. The molecule has 9 heteroatoms. The SMILES string of the molecule is CC(C)(CO)[C@@H](O)C(=O)NCCC(=O)C(=O)CCc1ccc(S(=O)(=O)c2ccccc2)cc1. The fourth-order valence-corrected chi connectivity index (χ4v) is 4.23. The number of carbonyl (C=O) groups is 3. The molecule has 0 spiro atoms. The van der Waals surface area contributed by atoms with Crippen LogP contribution in [0.15, 0.2) is 64.4 Å². The largest absolute Gasteiger partial charge is 0.396 e. The van der Waals surface area contributed by atoms with Gasteiger partial charge in [-0.15, -0.1) is 0 Å². The van der Waals surface area contributed by atoms with Crippen LogP contribution < -0.4 is 5.32 Å². The van der Waals surface area contributed by atoms with Crippen LogP contribution in [0.3, 0.4) is 0 Å². The van der Waals surface area contributed by atoms with Gasteiger partial charge in [-0.3, -0.25) is 14.4 Å². The van der Waals surface area contributed by atoms with Crippen LogP contribution in [0.4, 0.5) is 0 Å². The summed E-state index contributed by atoms with van der Waals surface area (Å²) in [6, 6.07) is 14.2. The van der Waals surface area contributed by atoms with Crippen molar-refractivity contribution in [1.29, 1.82) is 0 Å². The Morgan fingerprint density at radius 3 is 2.03 bits per heavy atom. The highest BCUT2D eigenvalue weighted by atomic mass is 32.2. The zero-order chi connectivity index (χ0) is 24.6. The molecule has 0 heterocycles. The highest BCUT2D eigenvalue weighted by molar-refractivity contribution is 7.91. The molecular formula is C24H29NO7S. The standard InChI is InChI=1S/C24H29NO7S/c1-24(2,16-26)22(29)23(30)25-15-14-21(28)20(27)13-10-17-8-11-19(12-9-17)33(31,32)18-6-4-3-5-7-18/h3-9,11-12,22,26,29H,10,13-16H2,1-2H3,(H,25,30)/t22-/m0/s1. The Bertz CT molecular complexity index is 1080. The molecule has 0 saturated carbocycles. The molecule has 2 rings (SSSR count). The Kier molecular flexibility index (Phi) is 9.04. The molecule has 0 fully saturated rings. The molecule has 0 aromatic heterocycles. The number of nitrogens with one attached hydrogen (secondary N) is 1. The summed E-state index contributed by atoms with van der Waals surface area (Å²) >= 11 is 0. The predicted molar refractivity (Wildman–Crippen MR) is 121 cm³/mol. The zero-order valence-electron chi connectivity index (χ0n) is 18.7. The van der Waals surface area contributed by atoms with Gasteiger partial charge in [-0.2, -0.15) is 0 Å². The fourth-order valence-electron chi connectivity index (χ4n) is 2.94. The first-order valence-electron chi connectivity index (χ1n) is 10.5. The lowest BCUT2D eigenvalue weighted by Gasteiger charge is -2.27. The third kappa shape index (κ3) is 7.05. The topological polar surface area (TPSA) is 138 Å². The average molecular weight is 476 g/mol. The van der Waals surface area contributed by atoms with Crippen LogP contribution in [-0.2, 0) is 30.6 Å². The number of carbonyl (C=O) groups excluding carboxylic acids is 3. The monoisotopic (exact) mass is 475 g/mol. The molecule has 2 aromatic rings. The number of Topliss-reactive ketones (excluding diaryl/α,β-unsaturated/α-hetero) is 2. The molecule has 0 unspecified atom stereocenters. The minimum atomic E-state index is -3.62. The van der Waals surface area contributed by atoms with Crippen molar-refractivity contribution in [3.63, 3.8) is 0 Å². The Balaban J connectivity index is 1.83. The maximum Gasteiger partial charge on any atom is 0.249 e. The van der Waals surface area contributed by atoms with Gasteiger partial charge in [0.25, 0.3) is 0 Å². The molecule has 1 amide bonds. The van der Waals surface area contributed by atoms with E-state index in [1.54, 1.807) is 30.3 Å². The van der Waals surface area contributed by atoms with Gasteiger partial charge in [0.15, 0.2) is 11.6 Å². The number of sulfone groups is 1. The van der Waals surface area contributed by atoms with Crippen molar-refractivity contribution < 1.29 is 33.0 Å². The first-order valence-corrected chi connectivity index (χ1v) is 12.0. The van der Waals surface area contributed by atoms with Gasteiger partial charge in [0.05, 0.1) is 16.4 Å². The number of aliphatic hydroxyl groups is 2. The molecule has 33 heavy (non-hydrogen) atoms. The molecule has 0 aliphatic rings. The van der Waals surface area contributed by atoms with Gasteiger partial charge in [-0.05, 0) is 36.2 Å². The van der Waals surface area contributed by atoms with Gasteiger partial charge in [0, 0.05) is 24.8 Å². The van der Waals surface area contributed by atoms with Crippen molar-refractivity contribution in [3.8, 4) is 0 Å². The van der Waals surface area contributed by atoms with Crippen molar-refractivity contribution in [2.75, 3.05) is 13.2 Å². The Morgan fingerprint density at radius 2 is 1.45 bits per heavy atom. The smallest absolute Gasteiger partial charge is 0.249 e. The summed E-state index contributed by atoms with van der Waals surface area (Å²) in [6.07, 6.45) is -1.42. The van der Waals surface area contributed by atoms with Crippen LogP contribution >= 0.6 is 0 Å². The average Bonchev–Trinajstić information content (AvgIpc) is 2.82. The van der Waals surface area contributed by atoms with E-state index in [4.69, 9.17) is 0 Å². The summed E-state index contributed by atoms with van der Waals surface area (Å²) in [7, 11) is -3.62. The summed E-state index contributed by atoms with van der Waals surface area (Å²) in [5.74, 6) is -1.96. The molecule has 2 aromatic carbocycles. The lowest BCUT2D eigenvalue weighted by atomic mass is 9.87. The van der Waals surface area contributed by atoms with Crippen LogP contribution in [0.1, 0.15) is 32.3 Å². The number of rotatable bonds is 12. The summed E-state index contributed by atoms with van der Waals surface area (Å²) < 4.78 is 25.2. The van der Waals surface area contributed by atoms with Crippen LogP contribution in [0, 0.1) is 5.41 Å². The number of ketones is 2. The highest BCUT2D eigenvalue weighted by Gasteiger charge is 2.32. The van der Waals surface area contributed by atoms with E-state index in [-0.39, 0.29) is 35.6 Å². The van der Waals surface area contributed by atoms with E-state index in [2.05, 4.69) is 5.32 Å². The van der Waals surface area contributed by atoms with Gasteiger partial charge in [-0.1, -0.05) is 44.2 Å². The van der Waals surface area contributed by atoms with Crippen molar-refractivity contribution in [2.24, 2.45) is 5.41 Å². The first-order chi connectivity index (χ1) is 15.5. The molecule has 8 nitrogen and oxygen atoms in total. The Labute approximate surface area is 193 Å². The summed E-state index contributed by atoms with van der Waals surface area (Å²) in [6.45, 7) is 2.55. The van der Waals surface area contributed by atoms with E-state index in [0.717, 1.165) is 0 Å². The lowest BCUT2D eigenvalue weighted by molar-refractivity contribution is -0.138. The number of benzene rings is 2. The van der Waals surface area contributed by atoms with E-state index in [1.807, 2.05) is 0 Å². The number of aryl methyl sites for hydroxylation is 1. The maximum absolute atomic E-state index is 12.6. The predicted octanol–water partition coefficient (Wildman–Crippen LogP) is 1.48. The van der Waals surface area contributed by atoms with Crippen LogP contribution in [-0.4, -0.2) is 55.4 Å². The molecule has 0 radical (unpaired) electrons. The van der Waals surface area contributed by atoms with E-state index in [1.165, 1.54) is 38.1 Å². The van der Waals surface area contributed by atoms with E-state index < -0.39 is 45.4 Å². The van der Waals surface area contributed by atoms with Crippen LogP contribution in [0.5, 0.6) is 0 Å². The van der Waals surface area contributed by atoms with E-state index in [0.29, 0.717) is 5.56 Å². The normalized spacial score (nSPS) is 12.7. The highest BCUT2D eigenvalue weighted by Crippen LogP contribution is 2.21. The quantitative estimate of drug-likeness (QED) is 0.395. The van der Waals surface area contributed by atoms with Crippen molar-refractivity contribution >= 4 is 27.3 Å². The molecule has 0 saturated heterocycles. The Hall–Kier alpha value is -2.88. The minimum Gasteiger partial charge on any atom is -0.396 e. The summed E-state index contributed by atoms with van der Waals surface area (Å²) in [5.41, 5.74) is -0.314. The Morgan fingerprint density at radius 1 is 0.909 bits per heavy atom. The molecule has 3 N–H and O–H groups in total. The number of hydrogen-bond acceptors (Lipinski definition) is 7. The van der Waals surface area contributed by atoms with Gasteiger partial charge in [0.2, 0.25) is 15.7 Å². The van der Waals surface area contributed by atoms with Gasteiger partial charge < -0.3 is 15.5 Å². The number of aliphatic hydroxyl groups excluding tert-OH is 2. The van der Waals surface area contributed by atoms with Gasteiger partial charge >= 0.3 is 0 Å². The zero-order valence-corrected chi connectivity index (χ0v) is 19.5. The van der Waals surface area contributed by atoms with Crippen molar-refractivity contribution in [1.82, 2.24) is 5.32 Å². The van der Waals surface area contributed by atoms with Crippen LogP contribution in [0.25, 0.3) is 0 Å². The number of amides is 1. The van der Waals surface area contributed by atoms with E-state index in [9.17, 15) is 33.0 Å². The third-order valence-corrected chi connectivity index (χ3v) is 7.07. The summed E-state index contributed by atoms with van der Waals surface area (Å²) in [5, 5.41) is 21.5. The van der Waals surface area contributed by atoms with Gasteiger partial charge in [-0.25, -0.2) is 8.42 Å². The van der Waals surface area contributed by atoms with Crippen molar-refractivity contribution in [2.45, 2.75) is 49.0 Å². The second-order valence-electron chi connectivity index (χ2n) is 8.40. The first kappa shape index (κ1) is 26.4. The van der Waals surface area contributed by atoms with Gasteiger partial charge in [0.1, 0.15) is 6.10 Å². The second-order valence-corrected chi connectivity index (χ2v) is 10.3. The van der Waals surface area contributed by atoms with Crippen molar-refractivity contribution in [3.05, 3.63) is 60.2 Å². The number of hydrogen-bond donors (Lipinski definition) is 3.